The van der Waals surface area contributed by atoms with Crippen molar-refractivity contribution >= 4 is 0 Å². The molecule has 1 aromatic carbocycles. The second-order valence-corrected chi connectivity index (χ2v) is 5.68. The molecule has 110 valence electrons. The maximum Gasteiger partial charge on any atom is 0.250 e. The lowest BCUT2D eigenvalue weighted by atomic mass is 10.1. The van der Waals surface area contributed by atoms with Gasteiger partial charge in [-0.1, -0.05) is 30.3 Å². The highest BCUT2D eigenvalue weighted by atomic mass is 16.1. The van der Waals surface area contributed by atoms with Crippen molar-refractivity contribution in [3.05, 3.63) is 70.1 Å². The number of hydrogen-bond acceptors (Lipinski definition) is 2. The van der Waals surface area contributed by atoms with Gasteiger partial charge in [0, 0.05) is 24.8 Å². The van der Waals surface area contributed by atoms with Gasteiger partial charge in [-0.05, 0) is 49.4 Å². The summed E-state index contributed by atoms with van der Waals surface area (Å²) in [5.41, 5.74) is 3.05. The number of hydrogen-bond donors (Lipinski definition) is 1. The normalized spacial score (nSPS) is 16.9. The van der Waals surface area contributed by atoms with E-state index >= 15 is 0 Å². The number of nitrogens with one attached hydrogen (secondary N) is 1. The molecule has 1 atom stereocenters. The van der Waals surface area contributed by atoms with Gasteiger partial charge in [0.15, 0.2) is 0 Å². The zero-order chi connectivity index (χ0) is 14.5. The number of fused-ring (bicyclic) bond motifs is 1. The standard InChI is InChI=1S/C18H22N2O/c21-18-9-3-5-13-20(18)14-6-4-12-19-17-11-10-15-7-1-2-8-16(15)17/h1-3,5,7-9,13,17,19H,4,6,10-12,14H2/t17-/m1/s1. The minimum absolute atomic E-state index is 0.0928. The molecule has 0 aliphatic heterocycles. The third-order valence-electron chi connectivity index (χ3n) is 4.25. The maximum absolute atomic E-state index is 11.6. The lowest BCUT2D eigenvalue weighted by Gasteiger charge is -2.14. The molecule has 1 N–H and O–H groups in total. The predicted molar refractivity (Wildman–Crippen MR) is 85.4 cm³/mol. The van der Waals surface area contributed by atoms with Crippen LogP contribution in [0, 0.1) is 0 Å². The number of aryl methyl sites for hydroxylation is 2. The molecule has 0 amide bonds. The van der Waals surface area contributed by atoms with E-state index in [1.807, 2.05) is 12.3 Å². The van der Waals surface area contributed by atoms with Crippen LogP contribution in [0.3, 0.4) is 0 Å². The highest BCUT2D eigenvalue weighted by Crippen LogP contribution is 2.30. The van der Waals surface area contributed by atoms with Crippen LogP contribution in [0.4, 0.5) is 0 Å². The van der Waals surface area contributed by atoms with Crippen LogP contribution in [0.5, 0.6) is 0 Å². The van der Waals surface area contributed by atoms with Crippen LogP contribution in [0.1, 0.15) is 36.4 Å². The molecule has 0 radical (unpaired) electrons. The van der Waals surface area contributed by atoms with Crippen LogP contribution in [0.15, 0.2) is 53.5 Å². The predicted octanol–water partition coefficient (Wildman–Crippen LogP) is 2.91. The van der Waals surface area contributed by atoms with E-state index in [9.17, 15) is 4.79 Å². The topological polar surface area (TPSA) is 34.0 Å². The summed E-state index contributed by atoms with van der Waals surface area (Å²) in [4.78, 5) is 11.6. The minimum Gasteiger partial charge on any atom is -0.316 e. The largest absolute Gasteiger partial charge is 0.316 e. The van der Waals surface area contributed by atoms with Crippen LogP contribution < -0.4 is 10.9 Å². The van der Waals surface area contributed by atoms with Gasteiger partial charge in [-0.25, -0.2) is 0 Å². The van der Waals surface area contributed by atoms with Gasteiger partial charge in [-0.3, -0.25) is 4.79 Å². The lowest BCUT2D eigenvalue weighted by Crippen LogP contribution is -2.22. The first kappa shape index (κ1) is 14.1. The van der Waals surface area contributed by atoms with Crippen molar-refractivity contribution in [3.8, 4) is 0 Å². The van der Waals surface area contributed by atoms with Gasteiger partial charge < -0.3 is 9.88 Å². The summed E-state index contributed by atoms with van der Waals surface area (Å²) in [7, 11) is 0. The Kier molecular flexibility index (Phi) is 4.51. The smallest absolute Gasteiger partial charge is 0.250 e. The number of nitrogens with zero attached hydrogens (tertiary/aromatic N) is 1. The molecule has 0 saturated heterocycles. The molecule has 2 aromatic rings. The van der Waals surface area contributed by atoms with Crippen molar-refractivity contribution < 1.29 is 0 Å². The van der Waals surface area contributed by atoms with E-state index in [4.69, 9.17) is 0 Å². The Morgan fingerprint density at radius 2 is 1.95 bits per heavy atom. The second-order valence-electron chi connectivity index (χ2n) is 5.68. The second kappa shape index (κ2) is 6.72. The van der Waals surface area contributed by atoms with Crippen molar-refractivity contribution in [2.45, 2.75) is 38.3 Å². The zero-order valence-electron chi connectivity index (χ0n) is 12.3. The van der Waals surface area contributed by atoms with E-state index in [0.717, 1.165) is 25.9 Å². The van der Waals surface area contributed by atoms with E-state index in [1.54, 1.807) is 16.7 Å². The number of benzene rings is 1. The van der Waals surface area contributed by atoms with E-state index in [2.05, 4.69) is 29.6 Å². The summed E-state index contributed by atoms with van der Waals surface area (Å²) in [5.74, 6) is 0. The quantitative estimate of drug-likeness (QED) is 0.827. The average molecular weight is 282 g/mol. The molecule has 3 heteroatoms. The number of aromatic nitrogens is 1. The van der Waals surface area contributed by atoms with E-state index < -0.39 is 0 Å². The first-order valence-corrected chi connectivity index (χ1v) is 7.81. The summed E-state index contributed by atoms with van der Waals surface area (Å²) >= 11 is 0. The third kappa shape index (κ3) is 3.42. The fourth-order valence-electron chi connectivity index (χ4n) is 3.10. The fraction of sp³-hybridized carbons (Fsp3) is 0.389. The molecule has 0 unspecified atom stereocenters. The number of unbranched alkanes of at least 4 members (excludes halogenated alkanes) is 1. The monoisotopic (exact) mass is 282 g/mol. The highest BCUT2D eigenvalue weighted by molar-refractivity contribution is 5.34. The lowest BCUT2D eigenvalue weighted by molar-refractivity contribution is 0.495. The summed E-state index contributed by atoms with van der Waals surface area (Å²) in [6.45, 7) is 1.82. The van der Waals surface area contributed by atoms with Crippen LogP contribution in [0.2, 0.25) is 0 Å². The Hall–Kier alpha value is -1.87. The van der Waals surface area contributed by atoms with Gasteiger partial charge in [0.25, 0.3) is 0 Å². The molecule has 0 spiro atoms. The van der Waals surface area contributed by atoms with Crippen molar-refractivity contribution in [1.82, 2.24) is 9.88 Å². The van der Waals surface area contributed by atoms with Crippen LogP contribution in [-0.4, -0.2) is 11.1 Å². The highest BCUT2D eigenvalue weighted by Gasteiger charge is 2.20. The molecular formula is C18H22N2O. The van der Waals surface area contributed by atoms with Crippen LogP contribution in [-0.2, 0) is 13.0 Å². The molecular weight excluding hydrogens is 260 g/mol. The van der Waals surface area contributed by atoms with Crippen molar-refractivity contribution in [3.63, 3.8) is 0 Å². The number of rotatable bonds is 6. The zero-order valence-corrected chi connectivity index (χ0v) is 12.3. The molecule has 1 aliphatic carbocycles. The Labute approximate surface area is 125 Å². The first-order chi connectivity index (χ1) is 10.3. The van der Waals surface area contributed by atoms with Gasteiger partial charge in [0.2, 0.25) is 5.56 Å². The molecule has 1 aromatic heterocycles. The minimum atomic E-state index is 0.0928. The van der Waals surface area contributed by atoms with Crippen LogP contribution >= 0.6 is 0 Å². The summed E-state index contributed by atoms with van der Waals surface area (Å²) in [6, 6.07) is 14.6. The van der Waals surface area contributed by atoms with Crippen molar-refractivity contribution in [1.29, 1.82) is 0 Å². The Morgan fingerprint density at radius 3 is 2.86 bits per heavy atom. The van der Waals surface area contributed by atoms with Gasteiger partial charge in [-0.15, -0.1) is 0 Å². The van der Waals surface area contributed by atoms with Gasteiger partial charge in [-0.2, -0.15) is 0 Å². The summed E-state index contributed by atoms with van der Waals surface area (Å²) in [6.07, 6.45) is 6.39. The molecule has 3 rings (SSSR count). The fourth-order valence-corrected chi connectivity index (χ4v) is 3.10. The van der Waals surface area contributed by atoms with Gasteiger partial charge >= 0.3 is 0 Å². The molecule has 0 saturated carbocycles. The molecule has 0 fully saturated rings. The Bertz CT molecular complexity index is 647. The van der Waals surface area contributed by atoms with Gasteiger partial charge in [0.05, 0.1) is 0 Å². The molecule has 1 aliphatic rings. The number of pyridine rings is 1. The molecule has 1 heterocycles. The first-order valence-electron chi connectivity index (χ1n) is 7.81. The van der Waals surface area contributed by atoms with Gasteiger partial charge in [0.1, 0.15) is 0 Å². The van der Waals surface area contributed by atoms with Crippen molar-refractivity contribution in [2.24, 2.45) is 0 Å². The molecule has 3 nitrogen and oxygen atoms in total. The SMILES string of the molecule is O=c1ccccn1CCCCN[C@@H]1CCc2ccccc21. The Balaban J connectivity index is 1.42. The van der Waals surface area contributed by atoms with E-state index in [0.29, 0.717) is 6.04 Å². The van der Waals surface area contributed by atoms with Crippen molar-refractivity contribution in [2.75, 3.05) is 6.54 Å². The third-order valence-corrected chi connectivity index (χ3v) is 4.25. The average Bonchev–Trinajstić information content (AvgIpc) is 2.92. The van der Waals surface area contributed by atoms with Crippen LogP contribution in [0.25, 0.3) is 0 Å². The van der Waals surface area contributed by atoms with E-state index in [-0.39, 0.29) is 5.56 Å². The Morgan fingerprint density at radius 1 is 1.10 bits per heavy atom. The molecule has 0 bridgehead atoms. The molecule has 21 heavy (non-hydrogen) atoms. The van der Waals surface area contributed by atoms with E-state index in [1.165, 1.54) is 24.0 Å². The summed E-state index contributed by atoms with van der Waals surface area (Å²) in [5, 5.41) is 3.65. The maximum atomic E-state index is 11.6. The summed E-state index contributed by atoms with van der Waals surface area (Å²) < 4.78 is 1.78.